The zero-order valence-corrected chi connectivity index (χ0v) is 9.61. The highest BCUT2D eigenvalue weighted by Crippen LogP contribution is 2.21. The lowest BCUT2D eigenvalue weighted by Gasteiger charge is -2.09. The fourth-order valence-electron chi connectivity index (χ4n) is 1.16. The molecule has 0 heterocycles. The van der Waals surface area contributed by atoms with Crippen molar-refractivity contribution in [3.63, 3.8) is 0 Å². The first-order chi connectivity index (χ1) is 5.04. The molecule has 1 heteroatoms. The average Bonchev–Trinajstić information content (AvgIpc) is 1.97. The molecule has 0 spiro atoms. The minimum Gasteiger partial charge on any atom is -0.0469 e. The van der Waals surface area contributed by atoms with Crippen molar-refractivity contribution >= 4 is 22.6 Å². The van der Waals surface area contributed by atoms with E-state index in [1.165, 1.54) is 25.8 Å². The molecule has 60 valence electrons. The van der Waals surface area contributed by atoms with Crippen LogP contribution in [-0.4, -0.2) is 0 Å². The molecular weight excluding hydrogens is 247 g/mol. The van der Waals surface area contributed by atoms with Gasteiger partial charge in [0.2, 0.25) is 0 Å². The van der Waals surface area contributed by atoms with Gasteiger partial charge in [-0.05, 0) is 78.6 Å². The summed E-state index contributed by atoms with van der Waals surface area (Å²) in [6, 6.07) is 2.25. The second kappa shape index (κ2) is 3.13. The van der Waals surface area contributed by atoms with Crippen LogP contribution in [0.15, 0.2) is 6.07 Å². The minimum absolute atomic E-state index is 1.38. The standard InChI is InChI=1S/C10H13I/c1-6-5-10(11)9(4)8(3)7(6)2/h5H,1-4H3. The first-order valence-corrected chi connectivity index (χ1v) is 4.85. The third-order valence-corrected chi connectivity index (χ3v) is 3.54. The summed E-state index contributed by atoms with van der Waals surface area (Å²) >= 11 is 2.39. The normalized spacial score (nSPS) is 10.3. The van der Waals surface area contributed by atoms with Gasteiger partial charge in [0, 0.05) is 3.57 Å². The minimum atomic E-state index is 1.38. The predicted octanol–water partition coefficient (Wildman–Crippen LogP) is 3.52. The molecule has 0 saturated carbocycles. The van der Waals surface area contributed by atoms with Crippen LogP contribution in [0.2, 0.25) is 0 Å². The Hall–Kier alpha value is -0.0500. The highest BCUT2D eigenvalue weighted by molar-refractivity contribution is 14.1. The van der Waals surface area contributed by atoms with E-state index in [-0.39, 0.29) is 0 Å². The average molecular weight is 260 g/mol. The molecule has 0 unspecified atom stereocenters. The van der Waals surface area contributed by atoms with Crippen molar-refractivity contribution in [2.45, 2.75) is 27.7 Å². The van der Waals surface area contributed by atoms with E-state index >= 15 is 0 Å². The highest BCUT2D eigenvalue weighted by atomic mass is 127. The molecule has 0 fully saturated rings. The predicted molar refractivity (Wildman–Crippen MR) is 58.1 cm³/mol. The lowest BCUT2D eigenvalue weighted by atomic mass is 10.0. The Balaban J connectivity index is 3.46. The van der Waals surface area contributed by atoms with Gasteiger partial charge in [0.1, 0.15) is 0 Å². The molecule has 0 atom stereocenters. The van der Waals surface area contributed by atoms with Crippen molar-refractivity contribution in [2.75, 3.05) is 0 Å². The Labute approximate surface area is 82.2 Å². The van der Waals surface area contributed by atoms with Gasteiger partial charge in [-0.3, -0.25) is 0 Å². The molecule has 0 aliphatic carbocycles. The molecule has 0 N–H and O–H groups in total. The van der Waals surface area contributed by atoms with Gasteiger partial charge in [0.15, 0.2) is 0 Å². The van der Waals surface area contributed by atoms with Crippen molar-refractivity contribution in [1.29, 1.82) is 0 Å². The van der Waals surface area contributed by atoms with Gasteiger partial charge < -0.3 is 0 Å². The Morgan fingerprint density at radius 1 is 0.909 bits per heavy atom. The van der Waals surface area contributed by atoms with E-state index in [2.05, 4.69) is 56.4 Å². The molecule has 0 bridgehead atoms. The summed E-state index contributed by atoms with van der Waals surface area (Å²) in [5, 5.41) is 0. The molecule has 1 rings (SSSR count). The Morgan fingerprint density at radius 2 is 1.45 bits per heavy atom. The maximum Gasteiger partial charge on any atom is 0.0165 e. The van der Waals surface area contributed by atoms with Gasteiger partial charge >= 0.3 is 0 Å². The molecule has 1 aromatic rings. The van der Waals surface area contributed by atoms with Crippen LogP contribution in [0.4, 0.5) is 0 Å². The first kappa shape index (κ1) is 9.04. The van der Waals surface area contributed by atoms with E-state index in [0.29, 0.717) is 0 Å². The summed E-state index contributed by atoms with van der Waals surface area (Å²) in [5.41, 5.74) is 5.70. The summed E-state index contributed by atoms with van der Waals surface area (Å²) in [5.74, 6) is 0. The van der Waals surface area contributed by atoms with Crippen LogP contribution in [0.25, 0.3) is 0 Å². The zero-order chi connectivity index (χ0) is 8.59. The molecular formula is C10H13I. The summed E-state index contributed by atoms with van der Waals surface area (Å²) in [6.07, 6.45) is 0. The van der Waals surface area contributed by atoms with Gasteiger partial charge in [-0.2, -0.15) is 0 Å². The Kier molecular flexibility index (Phi) is 2.58. The van der Waals surface area contributed by atoms with Gasteiger partial charge in [0.25, 0.3) is 0 Å². The maximum atomic E-state index is 2.39. The largest absolute Gasteiger partial charge is 0.0469 e. The quantitative estimate of drug-likeness (QED) is 0.626. The van der Waals surface area contributed by atoms with E-state index < -0.39 is 0 Å². The second-order valence-electron chi connectivity index (χ2n) is 3.05. The van der Waals surface area contributed by atoms with E-state index in [1.54, 1.807) is 0 Å². The third kappa shape index (κ3) is 1.58. The highest BCUT2D eigenvalue weighted by Gasteiger charge is 2.03. The van der Waals surface area contributed by atoms with E-state index in [0.717, 1.165) is 0 Å². The second-order valence-corrected chi connectivity index (χ2v) is 4.21. The fraction of sp³-hybridized carbons (Fsp3) is 0.400. The molecule has 0 nitrogen and oxygen atoms in total. The number of hydrogen-bond acceptors (Lipinski definition) is 0. The van der Waals surface area contributed by atoms with Crippen LogP contribution in [0, 0.1) is 31.3 Å². The molecule has 0 aliphatic rings. The van der Waals surface area contributed by atoms with Crippen molar-refractivity contribution in [2.24, 2.45) is 0 Å². The summed E-state index contributed by atoms with van der Waals surface area (Å²) in [6.45, 7) is 8.74. The molecule has 1 aromatic carbocycles. The molecule has 0 radical (unpaired) electrons. The third-order valence-electron chi connectivity index (χ3n) is 2.42. The van der Waals surface area contributed by atoms with Gasteiger partial charge in [-0.25, -0.2) is 0 Å². The monoisotopic (exact) mass is 260 g/mol. The smallest absolute Gasteiger partial charge is 0.0165 e. The van der Waals surface area contributed by atoms with Crippen molar-refractivity contribution < 1.29 is 0 Å². The molecule has 11 heavy (non-hydrogen) atoms. The Bertz CT molecular complexity index is 261. The van der Waals surface area contributed by atoms with Crippen LogP contribution < -0.4 is 0 Å². The van der Waals surface area contributed by atoms with Crippen molar-refractivity contribution in [1.82, 2.24) is 0 Å². The maximum absolute atomic E-state index is 2.39. The summed E-state index contributed by atoms with van der Waals surface area (Å²) in [4.78, 5) is 0. The van der Waals surface area contributed by atoms with Gasteiger partial charge in [-0.1, -0.05) is 0 Å². The Morgan fingerprint density at radius 3 is 2.00 bits per heavy atom. The van der Waals surface area contributed by atoms with Crippen LogP contribution >= 0.6 is 22.6 Å². The molecule has 0 amide bonds. The molecule has 0 saturated heterocycles. The SMILES string of the molecule is Cc1cc(I)c(C)c(C)c1C. The van der Waals surface area contributed by atoms with E-state index in [1.807, 2.05) is 0 Å². The van der Waals surface area contributed by atoms with Crippen LogP contribution in [0.5, 0.6) is 0 Å². The summed E-state index contributed by atoms with van der Waals surface area (Å²) in [7, 11) is 0. The number of hydrogen-bond donors (Lipinski definition) is 0. The molecule has 0 aliphatic heterocycles. The van der Waals surface area contributed by atoms with E-state index in [4.69, 9.17) is 0 Å². The van der Waals surface area contributed by atoms with Gasteiger partial charge in [0.05, 0.1) is 0 Å². The van der Waals surface area contributed by atoms with E-state index in [9.17, 15) is 0 Å². The molecule has 0 aromatic heterocycles. The number of benzene rings is 1. The number of aryl methyl sites for hydroxylation is 1. The number of halogens is 1. The van der Waals surface area contributed by atoms with Crippen molar-refractivity contribution in [3.05, 3.63) is 31.9 Å². The number of rotatable bonds is 0. The van der Waals surface area contributed by atoms with Crippen LogP contribution in [-0.2, 0) is 0 Å². The fourth-order valence-corrected chi connectivity index (χ4v) is 2.03. The van der Waals surface area contributed by atoms with Crippen LogP contribution in [0.1, 0.15) is 22.3 Å². The topological polar surface area (TPSA) is 0 Å². The first-order valence-electron chi connectivity index (χ1n) is 3.77. The zero-order valence-electron chi connectivity index (χ0n) is 7.46. The lowest BCUT2D eigenvalue weighted by Crippen LogP contribution is -1.93. The van der Waals surface area contributed by atoms with Crippen molar-refractivity contribution in [3.8, 4) is 0 Å². The lowest BCUT2D eigenvalue weighted by molar-refractivity contribution is 1.20. The van der Waals surface area contributed by atoms with Crippen LogP contribution in [0.3, 0.4) is 0 Å². The van der Waals surface area contributed by atoms with Gasteiger partial charge in [-0.15, -0.1) is 0 Å². The summed E-state index contributed by atoms with van der Waals surface area (Å²) < 4.78 is 1.38.